The highest BCUT2D eigenvalue weighted by molar-refractivity contribution is 14.1. The fourth-order valence-electron chi connectivity index (χ4n) is 3.76. The first-order chi connectivity index (χ1) is 13.0. The molecular formula is C17H28IN5O4Si. The molecule has 2 aromatic heterocycles. The second-order valence-corrected chi connectivity index (χ2v) is 12.6. The van der Waals surface area contributed by atoms with Gasteiger partial charge in [0.1, 0.15) is 10.9 Å². The summed E-state index contributed by atoms with van der Waals surface area (Å²) >= 11 is 2.23. The van der Waals surface area contributed by atoms with Crippen LogP contribution >= 0.6 is 22.6 Å². The number of imidazole rings is 1. The van der Waals surface area contributed by atoms with Crippen molar-refractivity contribution in [1.82, 2.24) is 19.5 Å². The summed E-state index contributed by atoms with van der Waals surface area (Å²) < 4.78 is 15.4. The molecule has 28 heavy (non-hydrogen) atoms. The first-order valence-corrected chi connectivity index (χ1v) is 13.7. The number of alkyl halides is 1. The van der Waals surface area contributed by atoms with Crippen LogP contribution in [0.15, 0.2) is 11.1 Å². The Morgan fingerprint density at radius 3 is 2.75 bits per heavy atom. The van der Waals surface area contributed by atoms with Gasteiger partial charge >= 0.3 is 0 Å². The van der Waals surface area contributed by atoms with Crippen molar-refractivity contribution in [3.05, 3.63) is 16.7 Å². The molecule has 9 nitrogen and oxygen atoms in total. The average molecular weight is 521 g/mol. The van der Waals surface area contributed by atoms with Crippen LogP contribution < -0.4 is 11.3 Å². The van der Waals surface area contributed by atoms with Crippen LogP contribution in [0.4, 0.5) is 5.95 Å². The van der Waals surface area contributed by atoms with E-state index in [1.165, 1.54) is 0 Å². The zero-order chi connectivity index (χ0) is 20.9. The Balaban J connectivity index is 2.20. The van der Waals surface area contributed by atoms with Crippen molar-refractivity contribution >= 4 is 48.5 Å². The zero-order valence-electron chi connectivity index (χ0n) is 16.8. The number of hydrogen-bond donors (Lipinski definition) is 3. The van der Waals surface area contributed by atoms with Crippen LogP contribution in [-0.4, -0.2) is 61.8 Å². The molecule has 1 aliphatic heterocycles. The Kier molecular flexibility index (Phi) is 5.69. The number of anilines is 1. The van der Waals surface area contributed by atoms with Gasteiger partial charge in [0.15, 0.2) is 11.2 Å². The standard InChI is InChI=1S/C17H28IN5O4Si/c1-15(2,3)26-10-6-17(28(4)5,27-16(10,7-18)8-24)23-9-20-11-12(23)21-14(19)22-13(11)25/h9-10,24,28H,6-8H2,1-5H3,(H3,19,21,22,25)/t10-,16+,17-/m0/s1. The van der Waals surface area contributed by atoms with E-state index in [4.69, 9.17) is 15.2 Å². The van der Waals surface area contributed by atoms with E-state index >= 15 is 0 Å². The zero-order valence-corrected chi connectivity index (χ0v) is 20.1. The van der Waals surface area contributed by atoms with E-state index in [0.717, 1.165) is 0 Å². The number of aromatic amines is 1. The van der Waals surface area contributed by atoms with Crippen molar-refractivity contribution in [1.29, 1.82) is 0 Å². The average Bonchev–Trinajstić information content (AvgIpc) is 3.14. The second kappa shape index (κ2) is 7.34. The summed E-state index contributed by atoms with van der Waals surface area (Å²) in [5.41, 5.74) is 4.76. The third kappa shape index (κ3) is 3.51. The third-order valence-electron chi connectivity index (χ3n) is 5.17. The molecular weight excluding hydrogens is 493 g/mol. The lowest BCUT2D eigenvalue weighted by molar-refractivity contribution is -0.162. The molecule has 0 radical (unpaired) electrons. The molecule has 156 valence electrons. The van der Waals surface area contributed by atoms with Crippen LogP contribution in [0.3, 0.4) is 0 Å². The van der Waals surface area contributed by atoms with Gasteiger partial charge in [0.05, 0.1) is 33.4 Å². The fraction of sp³-hybridized carbons (Fsp3) is 0.706. The number of aliphatic hydroxyl groups excluding tert-OH is 1. The maximum Gasteiger partial charge on any atom is 0.280 e. The van der Waals surface area contributed by atoms with E-state index in [9.17, 15) is 9.90 Å². The molecule has 1 saturated heterocycles. The first kappa shape index (κ1) is 21.7. The van der Waals surface area contributed by atoms with Gasteiger partial charge < -0.3 is 20.3 Å². The summed E-state index contributed by atoms with van der Waals surface area (Å²) in [5, 5.41) is 9.53. The van der Waals surface area contributed by atoms with Crippen LogP contribution in [0.1, 0.15) is 27.2 Å². The van der Waals surface area contributed by atoms with Crippen LogP contribution in [0.5, 0.6) is 0 Å². The van der Waals surface area contributed by atoms with Gasteiger partial charge in [0.2, 0.25) is 5.95 Å². The van der Waals surface area contributed by atoms with Crippen molar-refractivity contribution in [2.24, 2.45) is 0 Å². The van der Waals surface area contributed by atoms with E-state index < -0.39 is 25.3 Å². The predicted molar refractivity (Wildman–Crippen MR) is 118 cm³/mol. The number of fused-ring (bicyclic) bond motifs is 1. The number of nitrogens with two attached hydrogens (primary N) is 1. The largest absolute Gasteiger partial charge is 0.393 e. The molecule has 0 amide bonds. The maximum absolute atomic E-state index is 12.2. The fourth-order valence-corrected chi connectivity index (χ4v) is 6.55. The lowest BCUT2D eigenvalue weighted by Gasteiger charge is -2.37. The van der Waals surface area contributed by atoms with Crippen LogP contribution in [0.25, 0.3) is 11.2 Å². The molecule has 3 rings (SSSR count). The van der Waals surface area contributed by atoms with Gasteiger partial charge in [0, 0.05) is 10.8 Å². The van der Waals surface area contributed by atoms with Crippen molar-refractivity contribution in [2.75, 3.05) is 16.8 Å². The molecule has 0 aliphatic carbocycles. The molecule has 4 N–H and O–H groups in total. The minimum absolute atomic E-state index is 0.0302. The first-order valence-electron chi connectivity index (χ1n) is 9.26. The summed E-state index contributed by atoms with van der Waals surface area (Å²) in [6, 6.07) is 0. The maximum atomic E-state index is 12.2. The molecule has 2 aromatic rings. The highest BCUT2D eigenvalue weighted by Crippen LogP contribution is 2.47. The van der Waals surface area contributed by atoms with E-state index in [-0.39, 0.29) is 29.7 Å². The molecule has 0 bridgehead atoms. The van der Waals surface area contributed by atoms with Gasteiger partial charge in [-0.25, -0.2) is 4.98 Å². The van der Waals surface area contributed by atoms with Crippen molar-refractivity contribution < 1.29 is 14.6 Å². The van der Waals surface area contributed by atoms with Gasteiger partial charge in [-0.2, -0.15) is 4.98 Å². The third-order valence-corrected chi connectivity index (χ3v) is 8.90. The Morgan fingerprint density at radius 2 is 2.21 bits per heavy atom. The number of aromatic nitrogens is 4. The molecule has 0 saturated carbocycles. The van der Waals surface area contributed by atoms with Gasteiger partial charge in [0.25, 0.3) is 5.56 Å². The summed E-state index contributed by atoms with van der Waals surface area (Å²) in [6.07, 6.45) is 1.81. The number of nitrogens with one attached hydrogen (secondary N) is 1. The molecule has 0 unspecified atom stereocenters. The van der Waals surface area contributed by atoms with Crippen LogP contribution in [0, 0.1) is 0 Å². The van der Waals surface area contributed by atoms with E-state index in [1.807, 2.05) is 25.3 Å². The number of H-pyrrole nitrogens is 1. The predicted octanol–water partition coefficient (Wildman–Crippen LogP) is 1.15. The molecule has 3 atom stereocenters. The summed E-state index contributed by atoms with van der Waals surface area (Å²) in [4.78, 5) is 23.3. The molecule has 0 aromatic carbocycles. The number of ether oxygens (including phenoxy) is 2. The summed E-state index contributed by atoms with van der Waals surface area (Å²) in [5.74, 6) is 0.0302. The van der Waals surface area contributed by atoms with Gasteiger partial charge in [-0.3, -0.25) is 14.3 Å². The molecule has 1 fully saturated rings. The minimum Gasteiger partial charge on any atom is -0.393 e. The van der Waals surface area contributed by atoms with Crippen LogP contribution in [0.2, 0.25) is 13.1 Å². The highest BCUT2D eigenvalue weighted by Gasteiger charge is 2.59. The number of aliphatic hydroxyl groups is 1. The molecule has 3 heterocycles. The van der Waals surface area contributed by atoms with E-state index in [1.54, 1.807) is 6.33 Å². The molecule has 11 heteroatoms. The topological polar surface area (TPSA) is 128 Å². The van der Waals surface area contributed by atoms with Crippen molar-refractivity contribution in [3.8, 4) is 0 Å². The van der Waals surface area contributed by atoms with Gasteiger partial charge in [-0.15, -0.1) is 0 Å². The Hall–Kier alpha value is -1.02. The number of hydrogen-bond acceptors (Lipinski definition) is 7. The number of nitrogen functional groups attached to an aromatic ring is 1. The Bertz CT molecular complexity index is 920. The van der Waals surface area contributed by atoms with Gasteiger partial charge in [-0.05, 0) is 20.8 Å². The SMILES string of the molecule is C[SiH](C)[C@]1(n2cnc3c(=O)[nH]c(N)nc32)C[C@H](OC(C)(C)C)[C@](CO)(CI)O1. The highest BCUT2D eigenvalue weighted by atomic mass is 127. The monoisotopic (exact) mass is 521 g/mol. The molecule has 0 spiro atoms. The Morgan fingerprint density at radius 1 is 1.54 bits per heavy atom. The summed E-state index contributed by atoms with van der Waals surface area (Å²) in [6.45, 7) is 10.1. The Labute approximate surface area is 178 Å². The lowest BCUT2D eigenvalue weighted by atomic mass is 9.98. The van der Waals surface area contributed by atoms with E-state index in [0.29, 0.717) is 16.5 Å². The number of nitrogens with zero attached hydrogens (tertiary/aromatic N) is 3. The number of halogens is 1. The van der Waals surface area contributed by atoms with E-state index in [2.05, 4.69) is 50.6 Å². The second-order valence-electron chi connectivity index (χ2n) is 8.62. The minimum atomic E-state index is -1.59. The van der Waals surface area contributed by atoms with Crippen molar-refractivity contribution in [3.63, 3.8) is 0 Å². The number of rotatable bonds is 5. The van der Waals surface area contributed by atoms with Crippen LogP contribution in [-0.2, 0) is 14.8 Å². The quantitative estimate of drug-likeness (QED) is 0.306. The molecule has 1 aliphatic rings. The summed E-state index contributed by atoms with van der Waals surface area (Å²) in [7, 11) is -1.59. The van der Waals surface area contributed by atoms with Gasteiger partial charge in [-0.1, -0.05) is 35.7 Å². The van der Waals surface area contributed by atoms with Crippen molar-refractivity contribution in [2.45, 2.75) is 62.9 Å². The smallest absolute Gasteiger partial charge is 0.280 e. The lowest BCUT2D eigenvalue weighted by Crippen LogP contribution is -2.51. The normalized spacial score (nSPS) is 28.5.